The zero-order chi connectivity index (χ0) is 17.1. The van der Waals surface area contributed by atoms with Crippen molar-refractivity contribution in [2.45, 2.75) is 13.5 Å². The standard InChI is InChI=1S/C16H13Cl2N5O/c1-10-3-2-4-13(18)15(10)16(24)20-8-12-9-23(22-21-12)14-7-11(17)5-6-19-14/h2-7,9H,8H2,1H3,(H,20,24). The number of pyridine rings is 1. The van der Waals surface area contributed by atoms with Crippen molar-refractivity contribution in [1.82, 2.24) is 25.3 Å². The molecule has 0 aliphatic heterocycles. The van der Waals surface area contributed by atoms with Gasteiger partial charge in [0, 0.05) is 17.3 Å². The molecule has 3 aromatic rings. The van der Waals surface area contributed by atoms with Gasteiger partial charge in [-0.1, -0.05) is 40.5 Å². The Morgan fingerprint density at radius 1 is 1.29 bits per heavy atom. The molecule has 0 unspecified atom stereocenters. The molecule has 8 heteroatoms. The molecule has 0 spiro atoms. The molecular formula is C16H13Cl2N5O. The molecule has 0 saturated heterocycles. The Labute approximate surface area is 148 Å². The second kappa shape index (κ2) is 6.98. The van der Waals surface area contributed by atoms with Crippen LogP contribution >= 0.6 is 23.2 Å². The molecule has 1 aromatic carbocycles. The van der Waals surface area contributed by atoms with Crippen LogP contribution in [0.15, 0.2) is 42.7 Å². The maximum absolute atomic E-state index is 12.3. The van der Waals surface area contributed by atoms with Crippen LogP contribution in [0.1, 0.15) is 21.6 Å². The summed E-state index contributed by atoms with van der Waals surface area (Å²) in [6.45, 7) is 2.06. The van der Waals surface area contributed by atoms with Gasteiger partial charge >= 0.3 is 0 Å². The van der Waals surface area contributed by atoms with Crippen LogP contribution < -0.4 is 5.32 Å². The average molecular weight is 362 g/mol. The third-order valence-corrected chi connectivity index (χ3v) is 3.91. The van der Waals surface area contributed by atoms with Crippen molar-refractivity contribution in [2.75, 3.05) is 0 Å². The highest BCUT2D eigenvalue weighted by Gasteiger charge is 2.13. The van der Waals surface area contributed by atoms with Gasteiger partial charge in [-0.3, -0.25) is 4.79 Å². The van der Waals surface area contributed by atoms with Gasteiger partial charge in [-0.25, -0.2) is 9.67 Å². The number of hydrogen-bond donors (Lipinski definition) is 1. The highest BCUT2D eigenvalue weighted by molar-refractivity contribution is 6.34. The maximum Gasteiger partial charge on any atom is 0.253 e. The van der Waals surface area contributed by atoms with E-state index in [2.05, 4.69) is 20.6 Å². The molecule has 0 fully saturated rings. The van der Waals surface area contributed by atoms with Crippen molar-refractivity contribution in [1.29, 1.82) is 0 Å². The first-order valence-corrected chi connectivity index (χ1v) is 7.86. The summed E-state index contributed by atoms with van der Waals surface area (Å²) in [5.74, 6) is 0.294. The van der Waals surface area contributed by atoms with Gasteiger partial charge < -0.3 is 5.32 Å². The highest BCUT2D eigenvalue weighted by atomic mass is 35.5. The lowest BCUT2D eigenvalue weighted by atomic mass is 10.1. The van der Waals surface area contributed by atoms with E-state index in [1.807, 2.05) is 13.0 Å². The number of aryl methyl sites for hydroxylation is 1. The summed E-state index contributed by atoms with van der Waals surface area (Å²) in [5, 5.41) is 11.8. The number of nitrogens with one attached hydrogen (secondary N) is 1. The summed E-state index contributed by atoms with van der Waals surface area (Å²) in [7, 11) is 0. The first-order chi connectivity index (χ1) is 11.5. The zero-order valence-electron chi connectivity index (χ0n) is 12.7. The van der Waals surface area contributed by atoms with Gasteiger partial charge in [0.1, 0.15) is 5.69 Å². The van der Waals surface area contributed by atoms with E-state index in [0.717, 1.165) is 5.56 Å². The van der Waals surface area contributed by atoms with E-state index >= 15 is 0 Å². The molecule has 0 bridgehead atoms. The fourth-order valence-electron chi connectivity index (χ4n) is 2.19. The number of benzene rings is 1. The van der Waals surface area contributed by atoms with Crippen LogP contribution in [-0.4, -0.2) is 25.9 Å². The zero-order valence-corrected chi connectivity index (χ0v) is 14.2. The smallest absolute Gasteiger partial charge is 0.253 e. The minimum atomic E-state index is -0.256. The number of halogens is 2. The van der Waals surface area contributed by atoms with E-state index in [0.29, 0.717) is 27.1 Å². The van der Waals surface area contributed by atoms with Gasteiger partial charge in [0.05, 0.1) is 23.3 Å². The molecule has 0 radical (unpaired) electrons. The minimum absolute atomic E-state index is 0.226. The van der Waals surface area contributed by atoms with Gasteiger partial charge in [-0.15, -0.1) is 5.10 Å². The minimum Gasteiger partial charge on any atom is -0.346 e. The molecule has 0 aliphatic carbocycles. The van der Waals surface area contributed by atoms with Gasteiger partial charge in [-0.2, -0.15) is 0 Å². The van der Waals surface area contributed by atoms with Crippen LogP contribution in [0.25, 0.3) is 5.82 Å². The monoisotopic (exact) mass is 361 g/mol. The first kappa shape index (κ1) is 16.4. The highest BCUT2D eigenvalue weighted by Crippen LogP contribution is 2.19. The molecule has 0 aliphatic rings. The average Bonchev–Trinajstić information content (AvgIpc) is 3.02. The fourth-order valence-corrected chi connectivity index (χ4v) is 2.65. The topological polar surface area (TPSA) is 72.7 Å². The number of nitrogens with zero attached hydrogens (tertiary/aromatic N) is 4. The van der Waals surface area contributed by atoms with Crippen molar-refractivity contribution < 1.29 is 4.79 Å². The number of carbonyl (C=O) groups is 1. The largest absolute Gasteiger partial charge is 0.346 e. The van der Waals surface area contributed by atoms with Crippen LogP contribution in [0.3, 0.4) is 0 Å². The molecule has 2 aromatic heterocycles. The Hall–Kier alpha value is -2.44. The predicted octanol–water partition coefficient (Wildman–Crippen LogP) is 3.21. The molecule has 1 amide bonds. The number of aromatic nitrogens is 4. The summed E-state index contributed by atoms with van der Waals surface area (Å²) in [6, 6.07) is 8.67. The van der Waals surface area contributed by atoms with Crippen LogP contribution in [-0.2, 0) is 6.54 Å². The third kappa shape index (κ3) is 3.55. The summed E-state index contributed by atoms with van der Waals surface area (Å²) in [6.07, 6.45) is 3.26. The van der Waals surface area contributed by atoms with Gasteiger partial charge in [0.2, 0.25) is 0 Å². The molecule has 2 heterocycles. The molecule has 3 rings (SSSR count). The van der Waals surface area contributed by atoms with Crippen molar-refractivity contribution >= 4 is 29.1 Å². The normalized spacial score (nSPS) is 10.6. The predicted molar refractivity (Wildman–Crippen MR) is 91.5 cm³/mol. The van der Waals surface area contributed by atoms with E-state index in [1.54, 1.807) is 36.7 Å². The lowest BCUT2D eigenvalue weighted by Gasteiger charge is -2.08. The van der Waals surface area contributed by atoms with Crippen LogP contribution in [0.2, 0.25) is 10.0 Å². The molecule has 122 valence electrons. The lowest BCUT2D eigenvalue weighted by molar-refractivity contribution is 0.0950. The van der Waals surface area contributed by atoms with Crippen molar-refractivity contribution in [3.8, 4) is 5.82 Å². The Morgan fingerprint density at radius 3 is 2.88 bits per heavy atom. The van der Waals surface area contributed by atoms with Crippen LogP contribution in [0.4, 0.5) is 0 Å². The molecule has 6 nitrogen and oxygen atoms in total. The number of hydrogen-bond acceptors (Lipinski definition) is 4. The van der Waals surface area contributed by atoms with Crippen LogP contribution in [0, 0.1) is 6.92 Å². The summed E-state index contributed by atoms with van der Waals surface area (Å²) < 4.78 is 1.49. The molecule has 24 heavy (non-hydrogen) atoms. The van der Waals surface area contributed by atoms with E-state index in [4.69, 9.17) is 23.2 Å². The SMILES string of the molecule is Cc1cccc(Cl)c1C(=O)NCc1cn(-c2cc(Cl)ccn2)nn1. The maximum atomic E-state index is 12.3. The first-order valence-electron chi connectivity index (χ1n) is 7.11. The van der Waals surface area contributed by atoms with Crippen molar-refractivity contribution in [2.24, 2.45) is 0 Å². The molecule has 0 saturated carbocycles. The quantitative estimate of drug-likeness (QED) is 0.774. The second-order valence-electron chi connectivity index (χ2n) is 5.10. The molecular weight excluding hydrogens is 349 g/mol. The lowest BCUT2D eigenvalue weighted by Crippen LogP contribution is -2.24. The van der Waals surface area contributed by atoms with E-state index < -0.39 is 0 Å². The Balaban J connectivity index is 1.71. The van der Waals surface area contributed by atoms with Gasteiger partial charge in [0.15, 0.2) is 5.82 Å². The Kier molecular flexibility index (Phi) is 4.78. The summed E-state index contributed by atoms with van der Waals surface area (Å²) in [4.78, 5) is 16.5. The van der Waals surface area contributed by atoms with Gasteiger partial charge in [-0.05, 0) is 24.6 Å². The third-order valence-electron chi connectivity index (χ3n) is 3.36. The number of rotatable bonds is 4. The van der Waals surface area contributed by atoms with E-state index in [-0.39, 0.29) is 12.5 Å². The number of carbonyl (C=O) groups excluding carboxylic acids is 1. The van der Waals surface area contributed by atoms with Gasteiger partial charge in [0.25, 0.3) is 5.91 Å². The molecule has 1 N–H and O–H groups in total. The second-order valence-corrected chi connectivity index (χ2v) is 5.94. The van der Waals surface area contributed by atoms with Crippen molar-refractivity contribution in [3.05, 3.63) is 69.6 Å². The summed E-state index contributed by atoms with van der Waals surface area (Å²) in [5.41, 5.74) is 1.87. The molecule has 0 atom stereocenters. The Morgan fingerprint density at radius 2 is 2.12 bits per heavy atom. The Bertz CT molecular complexity index is 873. The number of amides is 1. The fraction of sp³-hybridized carbons (Fsp3) is 0.125. The van der Waals surface area contributed by atoms with E-state index in [1.165, 1.54) is 4.68 Å². The van der Waals surface area contributed by atoms with Crippen LogP contribution in [0.5, 0.6) is 0 Å². The van der Waals surface area contributed by atoms with Crippen molar-refractivity contribution in [3.63, 3.8) is 0 Å². The summed E-state index contributed by atoms with van der Waals surface area (Å²) >= 11 is 12.0. The van der Waals surface area contributed by atoms with E-state index in [9.17, 15) is 4.79 Å².